The van der Waals surface area contributed by atoms with Crippen molar-refractivity contribution < 1.29 is 9.53 Å². The van der Waals surface area contributed by atoms with Crippen LogP contribution in [0.2, 0.25) is 0 Å². The molecule has 1 rings (SSSR count). The number of benzene rings is 1. The van der Waals surface area contributed by atoms with Crippen molar-refractivity contribution in [1.29, 1.82) is 0 Å². The Morgan fingerprint density at radius 3 is 2.56 bits per heavy atom. The van der Waals surface area contributed by atoms with Crippen LogP contribution in [-0.2, 0) is 11.2 Å². The van der Waals surface area contributed by atoms with Gasteiger partial charge in [0, 0.05) is 13.6 Å². The standard InChI is InChI=1S/C14H22N2O2/c1-10-8-13(18-4)11(2)7-12(10)5-6-16(3)14(17)9-15/h7-8H,5-6,9,15H2,1-4H3. The van der Waals surface area contributed by atoms with Gasteiger partial charge in [-0.1, -0.05) is 6.07 Å². The first-order valence-electron chi connectivity index (χ1n) is 6.07. The number of carbonyl (C=O) groups excluding carboxylic acids is 1. The van der Waals surface area contributed by atoms with Gasteiger partial charge in [0.25, 0.3) is 0 Å². The van der Waals surface area contributed by atoms with Crippen LogP contribution >= 0.6 is 0 Å². The van der Waals surface area contributed by atoms with Gasteiger partial charge in [0.1, 0.15) is 5.75 Å². The lowest BCUT2D eigenvalue weighted by Gasteiger charge is -2.17. The van der Waals surface area contributed by atoms with E-state index in [1.54, 1.807) is 19.1 Å². The molecule has 0 heterocycles. The molecule has 1 amide bonds. The van der Waals surface area contributed by atoms with Crippen molar-refractivity contribution in [3.63, 3.8) is 0 Å². The van der Waals surface area contributed by atoms with E-state index in [9.17, 15) is 4.79 Å². The number of methoxy groups -OCH3 is 1. The molecule has 0 atom stereocenters. The number of amides is 1. The van der Waals surface area contributed by atoms with Crippen LogP contribution in [0, 0.1) is 13.8 Å². The van der Waals surface area contributed by atoms with Crippen molar-refractivity contribution in [3.8, 4) is 5.75 Å². The quantitative estimate of drug-likeness (QED) is 0.856. The van der Waals surface area contributed by atoms with E-state index in [2.05, 4.69) is 13.0 Å². The largest absolute Gasteiger partial charge is 0.496 e. The van der Waals surface area contributed by atoms with Gasteiger partial charge >= 0.3 is 0 Å². The molecule has 0 aliphatic carbocycles. The van der Waals surface area contributed by atoms with Gasteiger partial charge < -0.3 is 15.4 Å². The molecular formula is C14H22N2O2. The van der Waals surface area contributed by atoms with Crippen molar-refractivity contribution in [2.75, 3.05) is 27.2 Å². The summed E-state index contributed by atoms with van der Waals surface area (Å²) in [5, 5.41) is 0. The number of likely N-dealkylation sites (N-methyl/N-ethyl adjacent to an activating group) is 1. The van der Waals surface area contributed by atoms with E-state index in [4.69, 9.17) is 10.5 Å². The maximum absolute atomic E-state index is 11.4. The van der Waals surface area contributed by atoms with Crippen LogP contribution in [0.5, 0.6) is 5.75 Å². The maximum Gasteiger partial charge on any atom is 0.236 e. The highest BCUT2D eigenvalue weighted by molar-refractivity contribution is 5.77. The highest BCUT2D eigenvalue weighted by atomic mass is 16.5. The zero-order chi connectivity index (χ0) is 13.7. The average molecular weight is 250 g/mol. The van der Waals surface area contributed by atoms with E-state index in [0.717, 1.165) is 17.7 Å². The third-order valence-corrected chi connectivity index (χ3v) is 3.17. The second-order valence-electron chi connectivity index (χ2n) is 4.52. The fraction of sp³-hybridized carbons (Fsp3) is 0.500. The van der Waals surface area contributed by atoms with Gasteiger partial charge in [0.15, 0.2) is 0 Å². The number of hydrogen-bond acceptors (Lipinski definition) is 3. The Morgan fingerprint density at radius 2 is 2.00 bits per heavy atom. The molecule has 2 N–H and O–H groups in total. The van der Waals surface area contributed by atoms with Gasteiger partial charge in [0.2, 0.25) is 5.91 Å². The predicted molar refractivity (Wildman–Crippen MR) is 72.9 cm³/mol. The molecule has 0 aliphatic rings. The molecule has 0 bridgehead atoms. The Hall–Kier alpha value is -1.55. The summed E-state index contributed by atoms with van der Waals surface area (Å²) in [6.45, 7) is 4.83. The Morgan fingerprint density at radius 1 is 1.33 bits per heavy atom. The molecule has 4 nitrogen and oxygen atoms in total. The zero-order valence-electron chi connectivity index (χ0n) is 11.6. The molecule has 1 aromatic carbocycles. The molecule has 0 unspecified atom stereocenters. The summed E-state index contributed by atoms with van der Waals surface area (Å²) >= 11 is 0. The molecule has 1 aromatic rings. The second-order valence-corrected chi connectivity index (χ2v) is 4.52. The Labute approximate surface area is 109 Å². The zero-order valence-corrected chi connectivity index (χ0v) is 11.6. The topological polar surface area (TPSA) is 55.6 Å². The average Bonchev–Trinajstić information content (AvgIpc) is 2.37. The number of nitrogens with two attached hydrogens (primary N) is 1. The Bertz CT molecular complexity index is 430. The summed E-state index contributed by atoms with van der Waals surface area (Å²) in [6.07, 6.45) is 0.832. The number of rotatable bonds is 5. The highest BCUT2D eigenvalue weighted by Gasteiger charge is 2.09. The molecule has 0 fully saturated rings. The van der Waals surface area contributed by atoms with Gasteiger partial charge in [0.05, 0.1) is 13.7 Å². The van der Waals surface area contributed by atoms with Crippen LogP contribution in [0.15, 0.2) is 12.1 Å². The highest BCUT2D eigenvalue weighted by Crippen LogP contribution is 2.22. The van der Waals surface area contributed by atoms with Crippen molar-refractivity contribution in [2.24, 2.45) is 5.73 Å². The molecule has 18 heavy (non-hydrogen) atoms. The third-order valence-electron chi connectivity index (χ3n) is 3.17. The predicted octanol–water partition coefficient (Wildman–Crippen LogP) is 1.27. The lowest BCUT2D eigenvalue weighted by Crippen LogP contribution is -2.34. The van der Waals surface area contributed by atoms with Crippen molar-refractivity contribution in [2.45, 2.75) is 20.3 Å². The molecule has 0 radical (unpaired) electrons. The van der Waals surface area contributed by atoms with Gasteiger partial charge in [-0.05, 0) is 43.0 Å². The van der Waals surface area contributed by atoms with E-state index in [1.807, 2.05) is 13.0 Å². The number of nitrogens with zero attached hydrogens (tertiary/aromatic N) is 1. The monoisotopic (exact) mass is 250 g/mol. The van der Waals surface area contributed by atoms with Gasteiger partial charge in [-0.3, -0.25) is 4.79 Å². The summed E-state index contributed by atoms with van der Waals surface area (Å²) in [5.74, 6) is 0.875. The molecule has 0 saturated carbocycles. The van der Waals surface area contributed by atoms with Crippen LogP contribution in [0.3, 0.4) is 0 Å². The first kappa shape index (κ1) is 14.5. The normalized spacial score (nSPS) is 10.3. The van der Waals surface area contributed by atoms with E-state index >= 15 is 0 Å². The third kappa shape index (κ3) is 3.47. The summed E-state index contributed by atoms with van der Waals surface area (Å²) < 4.78 is 5.28. The number of carbonyl (C=O) groups is 1. The van der Waals surface area contributed by atoms with E-state index in [0.29, 0.717) is 6.54 Å². The minimum atomic E-state index is -0.0297. The maximum atomic E-state index is 11.4. The SMILES string of the molecule is COc1cc(C)c(CCN(C)C(=O)CN)cc1C. The van der Waals surface area contributed by atoms with Crippen LogP contribution < -0.4 is 10.5 Å². The molecule has 4 heteroatoms. The molecule has 0 aromatic heterocycles. The lowest BCUT2D eigenvalue weighted by atomic mass is 10.0. The fourth-order valence-electron chi connectivity index (χ4n) is 1.91. The van der Waals surface area contributed by atoms with Crippen molar-refractivity contribution >= 4 is 5.91 Å². The Balaban J connectivity index is 2.74. The molecule has 0 spiro atoms. The van der Waals surface area contributed by atoms with Crippen LogP contribution in [0.1, 0.15) is 16.7 Å². The minimum Gasteiger partial charge on any atom is -0.496 e. The van der Waals surface area contributed by atoms with Crippen LogP contribution in [-0.4, -0.2) is 38.1 Å². The molecule has 0 aliphatic heterocycles. The van der Waals surface area contributed by atoms with Gasteiger partial charge in [-0.15, -0.1) is 0 Å². The van der Waals surface area contributed by atoms with E-state index in [-0.39, 0.29) is 12.5 Å². The second kappa shape index (κ2) is 6.40. The van der Waals surface area contributed by atoms with Crippen LogP contribution in [0.4, 0.5) is 0 Å². The van der Waals surface area contributed by atoms with Gasteiger partial charge in [-0.2, -0.15) is 0 Å². The van der Waals surface area contributed by atoms with Crippen LogP contribution in [0.25, 0.3) is 0 Å². The van der Waals surface area contributed by atoms with E-state index < -0.39 is 0 Å². The number of ether oxygens (including phenoxy) is 1. The molecule has 0 saturated heterocycles. The van der Waals surface area contributed by atoms with E-state index in [1.165, 1.54) is 11.1 Å². The first-order chi connectivity index (χ1) is 8.49. The fourth-order valence-corrected chi connectivity index (χ4v) is 1.91. The first-order valence-corrected chi connectivity index (χ1v) is 6.07. The summed E-state index contributed by atoms with van der Waals surface area (Å²) in [6, 6.07) is 4.16. The minimum absolute atomic E-state index is 0.0297. The Kier molecular flexibility index (Phi) is 5.16. The molecule has 100 valence electrons. The summed E-state index contributed by atoms with van der Waals surface area (Å²) in [7, 11) is 3.45. The number of hydrogen-bond donors (Lipinski definition) is 1. The van der Waals surface area contributed by atoms with Crippen molar-refractivity contribution in [1.82, 2.24) is 4.90 Å². The van der Waals surface area contributed by atoms with Gasteiger partial charge in [-0.25, -0.2) is 0 Å². The summed E-state index contributed by atoms with van der Waals surface area (Å²) in [5.41, 5.74) is 8.87. The van der Waals surface area contributed by atoms with Crippen molar-refractivity contribution in [3.05, 3.63) is 28.8 Å². The smallest absolute Gasteiger partial charge is 0.236 e. The summed E-state index contributed by atoms with van der Waals surface area (Å²) in [4.78, 5) is 13.0. The lowest BCUT2D eigenvalue weighted by molar-refractivity contribution is -0.128. The number of aryl methyl sites for hydroxylation is 2. The molecular weight excluding hydrogens is 228 g/mol.